The van der Waals surface area contributed by atoms with Crippen LogP contribution in [0.5, 0.6) is 0 Å². The zero-order valence-corrected chi connectivity index (χ0v) is 12.2. The molecule has 0 spiro atoms. The Kier molecular flexibility index (Phi) is 3.39. The van der Waals surface area contributed by atoms with Crippen LogP contribution in [0.2, 0.25) is 0 Å². The van der Waals surface area contributed by atoms with Crippen LogP contribution in [0.25, 0.3) is 11.1 Å². The summed E-state index contributed by atoms with van der Waals surface area (Å²) < 4.78 is 0. The number of aromatic nitrogens is 2. The standard InChI is InChI=1S/C17H10N2O2.ClH/c20-16-12-4-1-2-5-13(12)17(21)15-11(6-3-7-14(15)16)10-8-18-19-9-10;/h1-9H,(H,18,19);1H. The van der Waals surface area contributed by atoms with E-state index in [1.807, 2.05) is 6.07 Å². The Morgan fingerprint density at radius 3 is 2.09 bits per heavy atom. The lowest BCUT2D eigenvalue weighted by molar-refractivity contribution is 0.0979. The van der Waals surface area contributed by atoms with Gasteiger partial charge in [-0.1, -0.05) is 42.5 Å². The maximum atomic E-state index is 12.8. The lowest BCUT2D eigenvalue weighted by Crippen LogP contribution is -2.21. The molecule has 0 atom stereocenters. The second-order valence-corrected chi connectivity index (χ2v) is 4.92. The van der Waals surface area contributed by atoms with Crippen LogP contribution in [0.1, 0.15) is 31.8 Å². The van der Waals surface area contributed by atoms with Gasteiger partial charge in [-0.15, -0.1) is 12.4 Å². The Labute approximate surface area is 132 Å². The van der Waals surface area contributed by atoms with E-state index in [0.717, 1.165) is 11.1 Å². The summed E-state index contributed by atoms with van der Waals surface area (Å²) in [6.45, 7) is 0. The van der Waals surface area contributed by atoms with Crippen LogP contribution in [-0.4, -0.2) is 21.8 Å². The molecule has 4 nitrogen and oxygen atoms in total. The molecule has 1 heterocycles. The number of aromatic amines is 1. The summed E-state index contributed by atoms with van der Waals surface area (Å²) >= 11 is 0. The zero-order chi connectivity index (χ0) is 14.4. The highest BCUT2D eigenvalue weighted by atomic mass is 35.5. The van der Waals surface area contributed by atoms with Gasteiger partial charge in [0, 0.05) is 34.0 Å². The van der Waals surface area contributed by atoms with Gasteiger partial charge in [-0.25, -0.2) is 0 Å². The Balaban J connectivity index is 0.00000144. The molecule has 3 aromatic rings. The van der Waals surface area contributed by atoms with Gasteiger partial charge < -0.3 is 0 Å². The van der Waals surface area contributed by atoms with Crippen molar-refractivity contribution in [3.8, 4) is 11.1 Å². The lowest BCUT2D eigenvalue weighted by atomic mass is 9.81. The van der Waals surface area contributed by atoms with E-state index in [9.17, 15) is 9.59 Å². The molecule has 1 aromatic heterocycles. The number of nitrogens with zero attached hydrogens (tertiary/aromatic N) is 1. The van der Waals surface area contributed by atoms with E-state index in [0.29, 0.717) is 22.3 Å². The Morgan fingerprint density at radius 2 is 1.41 bits per heavy atom. The molecule has 1 aliphatic carbocycles. The fourth-order valence-electron chi connectivity index (χ4n) is 2.78. The molecule has 0 saturated carbocycles. The minimum absolute atomic E-state index is 0. The maximum Gasteiger partial charge on any atom is 0.195 e. The lowest BCUT2D eigenvalue weighted by Gasteiger charge is -2.19. The molecule has 0 amide bonds. The van der Waals surface area contributed by atoms with Crippen LogP contribution < -0.4 is 0 Å². The summed E-state index contributed by atoms with van der Waals surface area (Å²) in [5.41, 5.74) is 3.38. The van der Waals surface area contributed by atoms with Crippen LogP contribution in [0.3, 0.4) is 0 Å². The number of nitrogens with one attached hydrogen (secondary N) is 1. The van der Waals surface area contributed by atoms with Crippen molar-refractivity contribution in [2.24, 2.45) is 0 Å². The van der Waals surface area contributed by atoms with E-state index in [4.69, 9.17) is 0 Å². The predicted molar refractivity (Wildman–Crippen MR) is 84.6 cm³/mol. The molecule has 1 N–H and O–H groups in total. The molecule has 0 saturated heterocycles. The van der Waals surface area contributed by atoms with Gasteiger partial charge >= 0.3 is 0 Å². The molecule has 5 heteroatoms. The fraction of sp³-hybridized carbons (Fsp3) is 0. The monoisotopic (exact) mass is 310 g/mol. The Hall–Kier alpha value is -2.72. The van der Waals surface area contributed by atoms with E-state index in [2.05, 4.69) is 10.2 Å². The summed E-state index contributed by atoms with van der Waals surface area (Å²) in [5.74, 6) is -0.220. The van der Waals surface area contributed by atoms with Crippen LogP contribution in [0.15, 0.2) is 54.9 Å². The first kappa shape index (κ1) is 14.2. The summed E-state index contributed by atoms with van der Waals surface area (Å²) in [4.78, 5) is 25.4. The highest BCUT2D eigenvalue weighted by molar-refractivity contribution is 6.30. The van der Waals surface area contributed by atoms with Crippen LogP contribution in [0, 0.1) is 0 Å². The van der Waals surface area contributed by atoms with Crippen molar-refractivity contribution in [1.29, 1.82) is 0 Å². The van der Waals surface area contributed by atoms with Crippen molar-refractivity contribution in [3.63, 3.8) is 0 Å². The first-order valence-corrected chi connectivity index (χ1v) is 6.58. The number of hydrogen-bond acceptors (Lipinski definition) is 3. The molecule has 2 aromatic carbocycles. The largest absolute Gasteiger partial charge is 0.289 e. The third-order valence-electron chi connectivity index (χ3n) is 3.76. The number of carbonyl (C=O) groups is 2. The molecule has 0 unspecified atom stereocenters. The number of ketones is 2. The first-order valence-electron chi connectivity index (χ1n) is 6.58. The number of halogens is 1. The minimum Gasteiger partial charge on any atom is -0.289 e. The fourth-order valence-corrected chi connectivity index (χ4v) is 2.78. The number of hydrogen-bond donors (Lipinski definition) is 1. The average Bonchev–Trinajstić information content (AvgIpc) is 3.06. The van der Waals surface area contributed by atoms with Gasteiger partial charge in [0.25, 0.3) is 0 Å². The number of benzene rings is 2. The van der Waals surface area contributed by atoms with Gasteiger partial charge in [0.05, 0.1) is 6.20 Å². The summed E-state index contributed by atoms with van der Waals surface area (Å²) in [5, 5.41) is 6.65. The SMILES string of the molecule is Cl.O=C1c2ccccc2C(=O)c2c1cccc2-c1cn[nH]c1. The zero-order valence-electron chi connectivity index (χ0n) is 11.4. The second-order valence-electron chi connectivity index (χ2n) is 4.92. The summed E-state index contributed by atoms with van der Waals surface area (Å²) in [6.07, 6.45) is 3.36. The highest BCUT2D eigenvalue weighted by Crippen LogP contribution is 2.33. The van der Waals surface area contributed by atoms with Gasteiger partial charge in [-0.05, 0) is 5.56 Å². The molecule has 0 aliphatic heterocycles. The van der Waals surface area contributed by atoms with Crippen LogP contribution in [0.4, 0.5) is 0 Å². The van der Waals surface area contributed by atoms with E-state index >= 15 is 0 Å². The van der Waals surface area contributed by atoms with Crippen LogP contribution in [-0.2, 0) is 0 Å². The van der Waals surface area contributed by atoms with Gasteiger partial charge in [0.1, 0.15) is 0 Å². The number of fused-ring (bicyclic) bond motifs is 2. The molecule has 1 aliphatic rings. The quantitative estimate of drug-likeness (QED) is 0.587. The Morgan fingerprint density at radius 1 is 0.773 bits per heavy atom. The average molecular weight is 311 g/mol. The maximum absolute atomic E-state index is 12.8. The van der Waals surface area contributed by atoms with Crippen LogP contribution >= 0.6 is 12.4 Å². The third-order valence-corrected chi connectivity index (χ3v) is 3.76. The first-order chi connectivity index (χ1) is 10.3. The van der Waals surface area contributed by atoms with Gasteiger partial charge in [-0.3, -0.25) is 14.7 Å². The minimum atomic E-state index is -0.114. The molecule has 0 fully saturated rings. The van der Waals surface area contributed by atoms with Crippen molar-refractivity contribution in [3.05, 3.63) is 77.1 Å². The van der Waals surface area contributed by atoms with E-state index in [1.165, 1.54) is 0 Å². The van der Waals surface area contributed by atoms with E-state index in [1.54, 1.807) is 48.8 Å². The summed E-state index contributed by atoms with van der Waals surface area (Å²) in [6, 6.07) is 12.3. The number of rotatable bonds is 1. The molecular formula is C17H11ClN2O2. The van der Waals surface area contributed by atoms with Gasteiger partial charge in [-0.2, -0.15) is 5.10 Å². The topological polar surface area (TPSA) is 62.8 Å². The second kappa shape index (κ2) is 5.24. The van der Waals surface area contributed by atoms with Crippen molar-refractivity contribution < 1.29 is 9.59 Å². The molecule has 0 bridgehead atoms. The normalized spacial score (nSPS) is 12.4. The van der Waals surface area contributed by atoms with Crippen molar-refractivity contribution in [2.45, 2.75) is 0 Å². The highest BCUT2D eigenvalue weighted by Gasteiger charge is 2.31. The van der Waals surface area contributed by atoms with E-state index < -0.39 is 0 Å². The third kappa shape index (κ3) is 1.89. The molecule has 0 radical (unpaired) electrons. The smallest absolute Gasteiger partial charge is 0.195 e. The summed E-state index contributed by atoms with van der Waals surface area (Å²) in [7, 11) is 0. The van der Waals surface area contributed by atoms with Gasteiger partial charge in [0.15, 0.2) is 11.6 Å². The number of H-pyrrole nitrogens is 1. The molecule has 108 valence electrons. The molecule has 4 rings (SSSR count). The van der Waals surface area contributed by atoms with Crippen molar-refractivity contribution in [2.75, 3.05) is 0 Å². The number of carbonyl (C=O) groups excluding carboxylic acids is 2. The van der Waals surface area contributed by atoms with Crippen molar-refractivity contribution in [1.82, 2.24) is 10.2 Å². The molecular weight excluding hydrogens is 300 g/mol. The molecule has 22 heavy (non-hydrogen) atoms. The predicted octanol–water partition coefficient (Wildman–Crippen LogP) is 3.27. The van der Waals surface area contributed by atoms with Gasteiger partial charge in [0.2, 0.25) is 0 Å². The Bertz CT molecular complexity index is 885. The van der Waals surface area contributed by atoms with E-state index in [-0.39, 0.29) is 24.0 Å². The van der Waals surface area contributed by atoms with Crippen molar-refractivity contribution >= 4 is 24.0 Å².